The zero-order valence-corrected chi connectivity index (χ0v) is 13.1. The Morgan fingerprint density at radius 2 is 2.00 bits per heavy atom. The number of rotatable bonds is 4. The van der Waals surface area contributed by atoms with Crippen LogP contribution in [-0.4, -0.2) is 15.0 Å². The third kappa shape index (κ3) is 6.33. The summed E-state index contributed by atoms with van der Waals surface area (Å²) >= 11 is 3.32. The highest BCUT2D eigenvalue weighted by Gasteiger charge is 2.15. The second-order valence-corrected chi connectivity index (χ2v) is 7.58. The van der Waals surface area contributed by atoms with Gasteiger partial charge in [0.05, 0.1) is 12.0 Å². The molecule has 0 atom stereocenters. The van der Waals surface area contributed by atoms with Crippen LogP contribution in [0.1, 0.15) is 26.3 Å². The van der Waals surface area contributed by atoms with Crippen LogP contribution in [0.2, 0.25) is 0 Å². The van der Waals surface area contributed by atoms with E-state index < -0.39 is 10.1 Å². The van der Waals surface area contributed by atoms with Crippen molar-refractivity contribution in [1.82, 2.24) is 0 Å². The van der Waals surface area contributed by atoms with E-state index in [4.69, 9.17) is 4.18 Å². The van der Waals surface area contributed by atoms with Gasteiger partial charge < -0.3 is 0 Å². The number of halogens is 1. The van der Waals surface area contributed by atoms with Crippen LogP contribution < -0.4 is 0 Å². The van der Waals surface area contributed by atoms with Gasteiger partial charge in [0.2, 0.25) is 0 Å². The summed E-state index contributed by atoms with van der Waals surface area (Å²) in [5.41, 5.74) is 0.615. The lowest BCUT2D eigenvalue weighted by Gasteiger charge is -2.16. The van der Waals surface area contributed by atoms with Crippen LogP contribution in [0.25, 0.3) is 6.08 Å². The molecular weight excluding hydrogens is 316 g/mol. The predicted molar refractivity (Wildman–Crippen MR) is 77.5 cm³/mol. The molecule has 0 aliphatic rings. The molecule has 1 rings (SSSR count). The smallest absolute Gasteiger partial charge is 0.266 e. The molecule has 0 saturated heterocycles. The molecule has 0 N–H and O–H groups in total. The van der Waals surface area contributed by atoms with Crippen LogP contribution in [0, 0.1) is 5.41 Å². The van der Waals surface area contributed by atoms with Gasteiger partial charge in [0.25, 0.3) is 10.1 Å². The summed E-state index contributed by atoms with van der Waals surface area (Å²) < 4.78 is 29.0. The van der Waals surface area contributed by atoms with Crippen LogP contribution in [0.15, 0.2) is 34.1 Å². The summed E-state index contributed by atoms with van der Waals surface area (Å²) in [4.78, 5) is 0. The molecular formula is C13H17BrO3S. The molecule has 0 heterocycles. The molecule has 0 aliphatic heterocycles. The first kappa shape index (κ1) is 15.4. The van der Waals surface area contributed by atoms with E-state index in [0.717, 1.165) is 15.4 Å². The van der Waals surface area contributed by atoms with Crippen molar-refractivity contribution in [2.45, 2.75) is 20.8 Å². The van der Waals surface area contributed by atoms with Crippen LogP contribution in [-0.2, 0) is 14.3 Å². The first-order chi connectivity index (χ1) is 8.18. The molecule has 100 valence electrons. The molecule has 0 aromatic heterocycles. The van der Waals surface area contributed by atoms with Gasteiger partial charge in [-0.1, -0.05) is 48.8 Å². The highest BCUT2D eigenvalue weighted by Crippen LogP contribution is 2.16. The molecule has 0 fully saturated rings. The summed E-state index contributed by atoms with van der Waals surface area (Å²) in [6.45, 7) is 5.92. The van der Waals surface area contributed by atoms with Gasteiger partial charge in [-0.05, 0) is 29.2 Å². The molecule has 0 amide bonds. The molecule has 0 saturated carbocycles. The maximum Gasteiger partial charge on any atom is 0.290 e. The molecule has 5 heteroatoms. The quantitative estimate of drug-likeness (QED) is 0.787. The third-order valence-corrected chi connectivity index (χ3v) is 3.34. The maximum absolute atomic E-state index is 11.6. The lowest BCUT2D eigenvalue weighted by atomic mass is 9.99. The van der Waals surface area contributed by atoms with Gasteiger partial charge in [-0.25, -0.2) is 0 Å². The van der Waals surface area contributed by atoms with Crippen molar-refractivity contribution < 1.29 is 12.6 Å². The molecule has 0 bridgehead atoms. The van der Waals surface area contributed by atoms with Crippen molar-refractivity contribution >= 4 is 32.1 Å². The fourth-order valence-corrected chi connectivity index (χ4v) is 2.41. The van der Waals surface area contributed by atoms with Gasteiger partial charge in [0, 0.05) is 4.47 Å². The van der Waals surface area contributed by atoms with Gasteiger partial charge >= 0.3 is 0 Å². The van der Waals surface area contributed by atoms with E-state index in [1.165, 1.54) is 6.08 Å². The summed E-state index contributed by atoms with van der Waals surface area (Å²) in [6, 6.07) is 7.37. The number of hydrogen-bond donors (Lipinski definition) is 0. The summed E-state index contributed by atoms with van der Waals surface area (Å²) in [7, 11) is -3.62. The minimum atomic E-state index is -3.62. The van der Waals surface area contributed by atoms with E-state index in [0.29, 0.717) is 0 Å². The first-order valence-electron chi connectivity index (χ1n) is 5.51. The molecule has 0 unspecified atom stereocenters. The van der Waals surface area contributed by atoms with E-state index in [2.05, 4.69) is 15.9 Å². The van der Waals surface area contributed by atoms with Crippen molar-refractivity contribution in [1.29, 1.82) is 0 Å². The van der Waals surface area contributed by atoms with Crippen molar-refractivity contribution in [3.8, 4) is 0 Å². The Morgan fingerprint density at radius 3 is 2.56 bits per heavy atom. The minimum Gasteiger partial charge on any atom is -0.266 e. The van der Waals surface area contributed by atoms with Gasteiger partial charge in [-0.3, -0.25) is 4.18 Å². The Balaban J connectivity index is 2.71. The third-order valence-electron chi connectivity index (χ3n) is 1.93. The van der Waals surface area contributed by atoms with Crippen molar-refractivity contribution in [2.75, 3.05) is 6.61 Å². The second kappa shape index (κ2) is 5.99. The topological polar surface area (TPSA) is 43.4 Å². The first-order valence-corrected chi connectivity index (χ1v) is 7.77. The Kier molecular flexibility index (Phi) is 5.13. The van der Waals surface area contributed by atoms with Gasteiger partial charge in [-0.15, -0.1) is 0 Å². The normalized spacial score (nSPS) is 13.1. The van der Waals surface area contributed by atoms with Gasteiger partial charge in [0.1, 0.15) is 0 Å². The summed E-state index contributed by atoms with van der Waals surface area (Å²) in [5, 5.41) is 1.08. The van der Waals surface area contributed by atoms with Crippen LogP contribution >= 0.6 is 15.9 Å². The highest BCUT2D eigenvalue weighted by molar-refractivity contribution is 9.10. The average Bonchev–Trinajstić information content (AvgIpc) is 2.24. The number of hydrogen-bond acceptors (Lipinski definition) is 3. The molecule has 3 nitrogen and oxygen atoms in total. The van der Waals surface area contributed by atoms with Gasteiger partial charge in [0.15, 0.2) is 0 Å². The van der Waals surface area contributed by atoms with Crippen LogP contribution in [0.5, 0.6) is 0 Å². The maximum atomic E-state index is 11.6. The van der Waals surface area contributed by atoms with Crippen LogP contribution in [0.4, 0.5) is 0 Å². The Morgan fingerprint density at radius 1 is 1.33 bits per heavy atom. The highest BCUT2D eigenvalue weighted by atomic mass is 79.9. The molecule has 1 aromatic rings. The number of benzene rings is 1. The van der Waals surface area contributed by atoms with E-state index >= 15 is 0 Å². The Bertz CT molecular complexity index is 527. The predicted octanol–water partition coefficient (Wildman–Crippen LogP) is 3.81. The molecule has 0 spiro atoms. The summed E-state index contributed by atoms with van der Waals surface area (Å²) in [5.74, 6) is 0. The van der Waals surface area contributed by atoms with E-state index in [1.54, 1.807) is 0 Å². The summed E-state index contributed by atoms with van der Waals surface area (Å²) in [6.07, 6.45) is 1.52. The van der Waals surface area contributed by atoms with E-state index in [-0.39, 0.29) is 12.0 Å². The largest absolute Gasteiger partial charge is 0.290 e. The van der Waals surface area contributed by atoms with Gasteiger partial charge in [-0.2, -0.15) is 8.42 Å². The zero-order valence-electron chi connectivity index (χ0n) is 10.7. The van der Waals surface area contributed by atoms with Crippen LogP contribution in [0.3, 0.4) is 0 Å². The second-order valence-electron chi connectivity index (χ2n) is 5.17. The monoisotopic (exact) mass is 332 g/mol. The standard InChI is InChI=1S/C13H17BrO3S/c1-13(2,3)10-17-18(15,16)8-7-11-5-4-6-12(14)9-11/h4-9H,10H2,1-3H3/b8-7+. The van der Waals surface area contributed by atoms with E-state index in [9.17, 15) is 8.42 Å². The molecule has 18 heavy (non-hydrogen) atoms. The van der Waals surface area contributed by atoms with Crippen molar-refractivity contribution in [2.24, 2.45) is 5.41 Å². The van der Waals surface area contributed by atoms with Crippen molar-refractivity contribution in [3.63, 3.8) is 0 Å². The lowest BCUT2D eigenvalue weighted by Crippen LogP contribution is -2.17. The minimum absolute atomic E-state index is 0.165. The Labute approximate surface area is 117 Å². The zero-order chi connectivity index (χ0) is 13.8. The Hall–Kier alpha value is -0.650. The fourth-order valence-electron chi connectivity index (χ4n) is 1.07. The van der Waals surface area contributed by atoms with E-state index in [1.807, 2.05) is 45.0 Å². The van der Waals surface area contributed by atoms with Crippen molar-refractivity contribution in [3.05, 3.63) is 39.7 Å². The molecule has 0 radical (unpaired) electrons. The average molecular weight is 333 g/mol. The molecule has 1 aromatic carbocycles. The molecule has 0 aliphatic carbocycles. The SMILES string of the molecule is CC(C)(C)COS(=O)(=O)/C=C/c1cccc(Br)c1. The fraction of sp³-hybridized carbons (Fsp3) is 0.385. The lowest BCUT2D eigenvalue weighted by molar-refractivity contribution is 0.206.